The number of amides is 4. The average molecular weight is 511 g/mol. The van der Waals surface area contributed by atoms with Gasteiger partial charge in [-0.1, -0.05) is 37.5 Å². The smallest absolute Gasteiger partial charge is 0.407 e. The molecule has 0 spiro atoms. The topological polar surface area (TPSA) is 131 Å². The van der Waals surface area contributed by atoms with Crippen molar-refractivity contribution in [3.05, 3.63) is 29.8 Å². The van der Waals surface area contributed by atoms with E-state index >= 15 is 0 Å². The number of hydrogen-bond acceptors (Lipinski definition) is 5. The predicted octanol–water partition coefficient (Wildman–Crippen LogP) is 3.08. The molecule has 0 fully saturated rings. The van der Waals surface area contributed by atoms with Crippen LogP contribution in [-0.2, 0) is 25.5 Å². The van der Waals surface area contributed by atoms with E-state index in [4.69, 9.17) is 10.5 Å². The number of anilines is 1. The molecule has 9 nitrogen and oxygen atoms in total. The molecule has 0 radical (unpaired) electrons. The number of alkyl carbamates (subject to hydrolysis) is 1. The molecule has 1 atom stereocenters. The monoisotopic (exact) mass is 510 g/mol. The second-order valence-electron chi connectivity index (χ2n) is 9.46. The van der Waals surface area contributed by atoms with Crippen LogP contribution in [-0.4, -0.2) is 50.1 Å². The highest BCUT2D eigenvalue weighted by Crippen LogP contribution is 2.28. The third kappa shape index (κ3) is 9.76. The second kappa shape index (κ2) is 14.6. The number of benzene rings is 1. The molecule has 196 valence electrons. The molecule has 1 heterocycles. The van der Waals surface area contributed by atoms with Gasteiger partial charge in [-0.2, -0.15) is 0 Å². The van der Waals surface area contributed by atoms with Crippen molar-refractivity contribution >= 4 is 41.9 Å². The van der Waals surface area contributed by atoms with Crippen LogP contribution in [0.5, 0.6) is 0 Å². The minimum atomic E-state index is -0.757. The number of unbranched alkanes of at least 4 members (excludes halogenated alkanes) is 4. The van der Waals surface area contributed by atoms with Gasteiger partial charge in [0.1, 0.15) is 0 Å². The maximum absolute atomic E-state index is 12.9. The Bertz CT molecular complexity index is 877. The van der Waals surface area contributed by atoms with Crippen LogP contribution in [0, 0.1) is 5.41 Å². The van der Waals surface area contributed by atoms with Crippen molar-refractivity contribution in [3.8, 4) is 0 Å². The number of para-hydroxylation sites is 1. The van der Waals surface area contributed by atoms with Crippen LogP contribution in [0.25, 0.3) is 0 Å². The van der Waals surface area contributed by atoms with Crippen LogP contribution >= 0.6 is 12.4 Å². The number of methoxy groups -OCH3 is 1. The van der Waals surface area contributed by atoms with Gasteiger partial charge in [-0.25, -0.2) is 4.79 Å². The van der Waals surface area contributed by atoms with Crippen LogP contribution in [0.3, 0.4) is 0 Å². The van der Waals surface area contributed by atoms with Gasteiger partial charge in [0.25, 0.3) is 0 Å². The summed E-state index contributed by atoms with van der Waals surface area (Å²) in [6, 6.07) is 7.58. The number of ether oxygens (including phenoxy) is 1. The van der Waals surface area contributed by atoms with E-state index < -0.39 is 17.4 Å². The van der Waals surface area contributed by atoms with Gasteiger partial charge in [0.15, 0.2) is 0 Å². The number of carbonyl (C=O) groups is 4. The third-order valence-corrected chi connectivity index (χ3v) is 6.15. The number of nitrogens with one attached hydrogen (secondary N) is 2. The fourth-order valence-electron chi connectivity index (χ4n) is 3.88. The van der Waals surface area contributed by atoms with E-state index in [1.54, 1.807) is 18.7 Å². The summed E-state index contributed by atoms with van der Waals surface area (Å²) in [5, 5.41) is 5.57. The van der Waals surface area contributed by atoms with Crippen LogP contribution in [0.4, 0.5) is 10.5 Å². The van der Waals surface area contributed by atoms with Gasteiger partial charge in [-0.3, -0.25) is 14.4 Å². The van der Waals surface area contributed by atoms with Crippen molar-refractivity contribution in [1.29, 1.82) is 0 Å². The highest BCUT2D eigenvalue weighted by molar-refractivity contribution is 5.95. The molecule has 0 unspecified atom stereocenters. The van der Waals surface area contributed by atoms with Gasteiger partial charge in [0.2, 0.25) is 17.7 Å². The molecular formula is C25H39ClN4O5. The summed E-state index contributed by atoms with van der Waals surface area (Å²) in [4.78, 5) is 49.6. The van der Waals surface area contributed by atoms with E-state index in [0.717, 1.165) is 43.4 Å². The lowest BCUT2D eigenvalue weighted by Gasteiger charge is -2.34. The van der Waals surface area contributed by atoms with E-state index in [1.807, 2.05) is 24.3 Å². The van der Waals surface area contributed by atoms with Gasteiger partial charge in [0.05, 0.1) is 18.6 Å². The molecule has 0 bridgehead atoms. The molecule has 0 saturated carbocycles. The Morgan fingerprint density at radius 3 is 2.34 bits per heavy atom. The lowest BCUT2D eigenvalue weighted by atomic mass is 9.93. The molecular weight excluding hydrogens is 472 g/mol. The lowest BCUT2D eigenvalue weighted by Crippen LogP contribution is -2.50. The van der Waals surface area contributed by atoms with E-state index in [-0.39, 0.29) is 36.8 Å². The number of halogens is 1. The van der Waals surface area contributed by atoms with Crippen molar-refractivity contribution in [2.75, 3.05) is 25.1 Å². The summed E-state index contributed by atoms with van der Waals surface area (Å²) in [7, 11) is 1.33. The number of primary amides is 1. The largest absolute Gasteiger partial charge is 0.453 e. The van der Waals surface area contributed by atoms with Crippen LogP contribution < -0.4 is 21.3 Å². The van der Waals surface area contributed by atoms with Gasteiger partial charge < -0.3 is 26.0 Å². The van der Waals surface area contributed by atoms with Gasteiger partial charge in [-0.15, -0.1) is 12.4 Å². The number of fused-ring (bicyclic) bond motifs is 1. The predicted molar refractivity (Wildman–Crippen MR) is 137 cm³/mol. The molecule has 0 aliphatic carbocycles. The normalized spacial score (nSPS) is 14.8. The summed E-state index contributed by atoms with van der Waals surface area (Å²) in [5.41, 5.74) is 6.48. The summed E-state index contributed by atoms with van der Waals surface area (Å²) < 4.78 is 4.70. The number of nitrogens with two attached hydrogens (primary N) is 1. The molecule has 0 aromatic heterocycles. The number of rotatable bonds is 12. The highest BCUT2D eigenvalue weighted by atomic mass is 35.5. The van der Waals surface area contributed by atoms with Crippen molar-refractivity contribution in [2.24, 2.45) is 11.1 Å². The Balaban J connectivity index is 0.00000612. The summed E-state index contributed by atoms with van der Waals surface area (Å²) >= 11 is 0. The summed E-state index contributed by atoms with van der Waals surface area (Å²) in [6.07, 6.45) is 5.28. The van der Waals surface area contributed by atoms with Crippen LogP contribution in [0.1, 0.15) is 64.4 Å². The Kier molecular flexibility index (Phi) is 12.6. The standard InChI is InChI=1S/C25H38N4O5.ClH/c1-25(2,23(26)32)17-27-21(30)13-7-5-4-6-8-14-22(31)29-16-19(28-24(33)34-3)15-18-11-9-10-12-20(18)29;/h9-12,19H,4-8,13-17H2,1-3H3,(H2,26,32)(H,27,30)(H,28,33);1H/t19-;/m0./s1. The number of nitrogens with zero attached hydrogens (tertiary/aromatic N) is 1. The molecule has 4 N–H and O–H groups in total. The maximum Gasteiger partial charge on any atom is 0.407 e. The highest BCUT2D eigenvalue weighted by Gasteiger charge is 2.29. The van der Waals surface area contributed by atoms with Gasteiger partial charge in [0, 0.05) is 31.6 Å². The lowest BCUT2D eigenvalue weighted by molar-refractivity contribution is -0.127. The first-order valence-corrected chi connectivity index (χ1v) is 11.9. The molecule has 35 heavy (non-hydrogen) atoms. The summed E-state index contributed by atoms with van der Waals surface area (Å²) in [5.74, 6) is -0.478. The Labute approximate surface area is 213 Å². The first-order valence-electron chi connectivity index (χ1n) is 11.9. The van der Waals surface area contributed by atoms with Crippen molar-refractivity contribution < 1.29 is 23.9 Å². The Hall–Kier alpha value is -2.81. The molecule has 1 aromatic rings. The van der Waals surface area contributed by atoms with E-state index in [9.17, 15) is 19.2 Å². The Morgan fingerprint density at radius 2 is 1.69 bits per heavy atom. The zero-order valence-corrected chi connectivity index (χ0v) is 21.7. The zero-order chi connectivity index (χ0) is 25.1. The quantitative estimate of drug-likeness (QED) is 0.372. The number of hydrogen-bond donors (Lipinski definition) is 3. The van der Waals surface area contributed by atoms with Crippen LogP contribution in [0.2, 0.25) is 0 Å². The number of carbonyl (C=O) groups excluding carboxylic acids is 4. The van der Waals surface area contributed by atoms with Crippen molar-refractivity contribution in [3.63, 3.8) is 0 Å². The molecule has 1 aromatic carbocycles. The fraction of sp³-hybridized carbons (Fsp3) is 0.600. The summed E-state index contributed by atoms with van der Waals surface area (Å²) in [6.45, 7) is 4.07. The van der Waals surface area contributed by atoms with Crippen molar-refractivity contribution in [1.82, 2.24) is 10.6 Å². The fourth-order valence-corrected chi connectivity index (χ4v) is 3.88. The Morgan fingerprint density at radius 1 is 1.06 bits per heavy atom. The molecule has 1 aliphatic heterocycles. The second-order valence-corrected chi connectivity index (χ2v) is 9.46. The van der Waals surface area contributed by atoms with Gasteiger partial charge >= 0.3 is 6.09 Å². The first-order chi connectivity index (χ1) is 16.1. The average Bonchev–Trinajstić information content (AvgIpc) is 2.81. The zero-order valence-electron chi connectivity index (χ0n) is 20.9. The van der Waals surface area contributed by atoms with E-state index in [0.29, 0.717) is 25.8 Å². The van der Waals surface area contributed by atoms with Crippen LogP contribution in [0.15, 0.2) is 24.3 Å². The minimum absolute atomic E-state index is 0. The SMILES string of the molecule is COC(=O)N[C@H]1Cc2ccccc2N(C(=O)CCCCCCCC(=O)NCC(C)(C)C(N)=O)C1.Cl. The molecule has 1 aliphatic rings. The van der Waals surface area contributed by atoms with E-state index in [1.165, 1.54) is 7.11 Å². The first kappa shape index (κ1) is 30.2. The van der Waals surface area contributed by atoms with Crippen molar-refractivity contribution in [2.45, 2.75) is 71.3 Å². The molecule has 2 rings (SSSR count). The minimum Gasteiger partial charge on any atom is -0.453 e. The third-order valence-electron chi connectivity index (χ3n) is 6.15. The molecule has 10 heteroatoms. The van der Waals surface area contributed by atoms with Gasteiger partial charge in [-0.05, 0) is 44.7 Å². The molecule has 4 amide bonds. The van der Waals surface area contributed by atoms with E-state index in [2.05, 4.69) is 10.6 Å². The molecule has 0 saturated heterocycles. The maximum atomic E-state index is 12.9.